The molecule has 5 atom stereocenters. The maximum Gasteiger partial charge on any atom is 0.287 e. The van der Waals surface area contributed by atoms with Crippen LogP contribution in [-0.4, -0.2) is 189 Å². The third kappa shape index (κ3) is 29.2. The van der Waals surface area contributed by atoms with Gasteiger partial charge in [-0.2, -0.15) is 25.5 Å². The first kappa shape index (κ1) is 105. The topological polar surface area (TPSA) is 583 Å². The highest BCUT2D eigenvalue weighted by Gasteiger charge is 2.35. The van der Waals surface area contributed by atoms with Gasteiger partial charge in [0.25, 0.3) is 59.1 Å². The lowest BCUT2D eigenvalue weighted by Gasteiger charge is -2.16. The van der Waals surface area contributed by atoms with Gasteiger partial charge in [-0.1, -0.05) is 200 Å². The number of halogens is 1. The van der Waals surface area contributed by atoms with E-state index in [1.54, 1.807) is 193 Å². The minimum absolute atomic E-state index is 0.101. The zero-order valence-corrected chi connectivity index (χ0v) is 78.8. The van der Waals surface area contributed by atoms with Gasteiger partial charge in [0.05, 0.1) is 34.9 Å². The molecule has 15 rings (SSSR count). The predicted molar refractivity (Wildman–Crippen MR) is 526 cm³/mol. The number of ether oxygens (including phenoxy) is 1. The number of hydrogen-bond acceptors (Lipinski definition) is 24. The van der Waals surface area contributed by atoms with Gasteiger partial charge < -0.3 is 60.0 Å². The highest BCUT2D eigenvalue weighted by atomic mass is 19.1. The predicted octanol–water partition coefficient (Wildman–Crippen LogP) is 6.05. The lowest BCUT2D eigenvalue weighted by atomic mass is 10.00. The average molecular weight is 1950 g/mol. The number of benzene rings is 8. The molecule has 8 aromatic carbocycles. The van der Waals surface area contributed by atoms with Crippen LogP contribution in [0, 0.1) is 12.7 Å². The average Bonchev–Trinajstić information content (AvgIpc) is 1.67. The molecule has 15 aromatic rings. The summed E-state index contributed by atoms with van der Waals surface area (Å²) in [6.45, 7) is 1.93. The van der Waals surface area contributed by atoms with Crippen LogP contribution in [-0.2, 0) is 115 Å². The molecule has 10 amide bonds. The fourth-order valence-electron chi connectivity index (χ4n) is 14.8. The lowest BCUT2D eigenvalue weighted by Crippen LogP contribution is -2.47. The second kappa shape index (κ2) is 50.2. The van der Waals surface area contributed by atoms with Gasteiger partial charge in [-0.25, -0.2) is 14.4 Å². The number of aryl methyl sites for hydroxylation is 6. The van der Waals surface area contributed by atoms with E-state index in [-0.39, 0.29) is 60.1 Å². The molecule has 0 spiro atoms. The van der Waals surface area contributed by atoms with Crippen molar-refractivity contribution < 1.29 is 81.0 Å². The number of rotatable bonds is 36. The normalized spacial score (nSPS) is 11.6. The number of methoxy groups -OCH3 is 1. The molecule has 0 saturated carbocycles. The summed E-state index contributed by atoms with van der Waals surface area (Å²) >= 11 is 0. The Morgan fingerprint density at radius 2 is 0.569 bits per heavy atom. The number of amides is 10. The van der Waals surface area contributed by atoms with Crippen molar-refractivity contribution >= 4 is 88.0 Å². The molecule has 0 fully saturated rings. The minimum Gasteiger partial charge on any atom is -0.497 e. The Bertz CT molecular complexity index is 7000. The first-order valence-corrected chi connectivity index (χ1v) is 44.2. The van der Waals surface area contributed by atoms with Crippen LogP contribution >= 0.6 is 0 Å². The highest BCUT2D eigenvalue weighted by Crippen LogP contribution is 2.30. The number of pyridine rings is 1. The Kier molecular flexibility index (Phi) is 36.7. The number of nitrogens with zero attached hydrogens (tertiary/aromatic N) is 13. The second-order valence-electron chi connectivity index (χ2n) is 32.5. The van der Waals surface area contributed by atoms with Gasteiger partial charge in [0.15, 0.2) is 0 Å². The fourth-order valence-corrected chi connectivity index (χ4v) is 14.8. The van der Waals surface area contributed by atoms with Gasteiger partial charge >= 0.3 is 0 Å². The van der Waals surface area contributed by atoms with Crippen molar-refractivity contribution in [2.24, 2.45) is 63.9 Å². The first-order chi connectivity index (χ1) is 69.0. The van der Waals surface area contributed by atoms with Crippen LogP contribution in [0.5, 0.6) is 5.75 Å². The van der Waals surface area contributed by atoms with E-state index in [0.29, 0.717) is 56.3 Å². The maximum atomic E-state index is 13.6. The van der Waals surface area contributed by atoms with Gasteiger partial charge in [-0.15, -0.1) is 0 Å². The largest absolute Gasteiger partial charge is 0.497 e. The van der Waals surface area contributed by atoms with E-state index in [4.69, 9.17) is 33.4 Å². The molecule has 144 heavy (non-hydrogen) atoms. The molecule has 0 saturated heterocycles. The summed E-state index contributed by atoms with van der Waals surface area (Å²) in [4.78, 5) is 195. The molecule has 0 aliphatic heterocycles. The van der Waals surface area contributed by atoms with Crippen molar-refractivity contribution in [3.63, 3.8) is 0 Å². The number of primary amides is 5. The smallest absolute Gasteiger partial charge is 0.287 e. The van der Waals surface area contributed by atoms with Crippen LogP contribution in [0.3, 0.4) is 0 Å². The number of nitrogens with one attached hydrogen (secondary N) is 5. The molecule has 15 N–H and O–H groups in total. The first-order valence-electron chi connectivity index (χ1n) is 44.2. The molecule has 7 heterocycles. The van der Waals surface area contributed by atoms with Gasteiger partial charge in [0.1, 0.15) is 76.6 Å². The zero-order chi connectivity index (χ0) is 104. The monoisotopic (exact) mass is 1950 g/mol. The molecule has 0 bridgehead atoms. The van der Waals surface area contributed by atoms with Crippen LogP contribution < -0.4 is 60.0 Å². The van der Waals surface area contributed by atoms with E-state index in [0.717, 1.165) is 38.9 Å². The third-order valence-electron chi connectivity index (χ3n) is 21.7. The number of carbonyl (C=O) groups is 15. The summed E-state index contributed by atoms with van der Waals surface area (Å²) in [6, 6.07) is 63.6. The van der Waals surface area contributed by atoms with E-state index in [2.05, 4.69) is 67.0 Å². The Morgan fingerprint density at radius 3 is 0.861 bits per heavy atom. The molecular formula is C104H100FN23O16. The van der Waals surface area contributed by atoms with Crippen LogP contribution in [0.1, 0.15) is 85.2 Å². The van der Waals surface area contributed by atoms with E-state index < -0.39 is 124 Å². The summed E-state index contributed by atoms with van der Waals surface area (Å²) in [7, 11) is 9.94. The molecule has 0 aliphatic carbocycles. The van der Waals surface area contributed by atoms with Gasteiger partial charge in [0.2, 0.25) is 28.9 Å². The Balaban J connectivity index is 0.000000172. The lowest BCUT2D eigenvalue weighted by molar-refractivity contribution is -0.137. The van der Waals surface area contributed by atoms with Crippen molar-refractivity contribution in [2.75, 3.05) is 7.11 Å². The van der Waals surface area contributed by atoms with Gasteiger partial charge in [0, 0.05) is 151 Å². The Labute approximate surface area is 823 Å². The number of nitrogens with two attached hydrogens (primary N) is 5. The molecule has 0 radical (unpaired) electrons. The SMILES string of the molecule is COc1cccc(-c2nn(C)cc2C(=O)NC(Cc2ccccc2)C(=O)C(N)=O)c1.Cc1ccccc1-c1nn(C)cc1C(=O)NC(Cc1ccccc1)C(=O)C(N)=O.Cn1cc(C(=O)NC(Cc2ccccc2)C(=O)C(N)=O)c(-c2cccc(F)c2)n1.Cn1cc(C(=O)NC(Cc2ccccc2)C(=O)C(N)=O)c(-c2ccncc2)n1.Cn1cc(C(=O)NC(Cc2ccccc2)C(=O)C(N)=O)c(-c2cncnc2)n1. The van der Waals surface area contributed by atoms with E-state index in [1.165, 1.54) is 68.0 Å². The summed E-state index contributed by atoms with van der Waals surface area (Å²) in [5.74, 6) is -12.4. The van der Waals surface area contributed by atoms with Crippen LogP contribution in [0.4, 0.5) is 4.39 Å². The van der Waals surface area contributed by atoms with E-state index >= 15 is 0 Å². The van der Waals surface area contributed by atoms with Gasteiger partial charge in [-0.05, 0) is 76.7 Å². The second-order valence-corrected chi connectivity index (χ2v) is 32.5. The van der Waals surface area contributed by atoms with E-state index in [9.17, 15) is 76.3 Å². The molecule has 5 unspecified atom stereocenters. The standard InChI is InChI=1S/C22H22N4O4.C22H22N4O3.C21H19FN4O3.C20H19N5O3.C19H18N6O3/c1-26-13-17(19(25-26)15-9-6-10-16(12-15)30-2)22(29)24-18(20(27)21(23)28)11-14-7-4-3-5-8-14;1-14-8-6-7-11-16(14)19-17(13-26(2)25-19)22(29)24-18(20(27)21(23)28)12-15-9-4-3-5-10-15;1-26-12-16(18(25-26)14-8-5-9-15(22)11-14)21(29)24-17(19(27)20(23)28)10-13-6-3-2-4-7-13;1-25-12-15(17(24-25)14-7-9-22-10-8-14)20(28)23-16(18(26)19(21)27)11-13-5-3-2-4-6-13;1-25-10-14(16(24-25)13-8-21-11-22-9-13)19(28)23-15(17(26)18(20)27)7-12-5-3-2-4-6-12/h3-10,12-13,18H,11H2,1-2H3,(H2,23,28)(H,24,29);3-11,13,18H,12H2,1-2H3,(H2,23,28)(H,24,29);2-9,11-12,17H,10H2,1H3,(H2,23,28)(H,24,29);2-10,12,16H,11H2,1H3,(H2,21,27)(H,23,28);2-6,8-11,15H,7H2,1H3,(H2,20,27)(H,23,28). The van der Waals surface area contributed by atoms with Crippen molar-refractivity contribution in [1.29, 1.82) is 0 Å². The van der Waals surface area contributed by atoms with Crippen molar-refractivity contribution in [2.45, 2.75) is 69.2 Å². The summed E-state index contributed by atoms with van der Waals surface area (Å²) in [5.41, 5.74) is 37.2. The molecule has 0 aliphatic rings. The molecule has 734 valence electrons. The highest BCUT2D eigenvalue weighted by molar-refractivity contribution is 6.40. The number of aromatic nitrogens is 13. The molecule has 7 aromatic heterocycles. The third-order valence-corrected chi connectivity index (χ3v) is 21.7. The summed E-state index contributed by atoms with van der Waals surface area (Å²) in [5, 5.41) is 34.7. The van der Waals surface area contributed by atoms with Crippen molar-refractivity contribution in [3.8, 4) is 62.0 Å². The van der Waals surface area contributed by atoms with E-state index in [1.807, 2.05) is 110 Å². The molecule has 39 nitrogen and oxygen atoms in total. The number of carbonyl (C=O) groups excluding carboxylic acids is 15. The quantitative estimate of drug-likeness (QED) is 0.0200. The fraction of sp³-hybridized carbons (Fsp3) is 0.163. The maximum absolute atomic E-state index is 13.6. The van der Waals surface area contributed by atoms with Gasteiger partial charge in [-0.3, -0.25) is 100 Å². The number of ketones is 5. The van der Waals surface area contributed by atoms with Crippen molar-refractivity contribution in [3.05, 3.63) is 366 Å². The Morgan fingerprint density at radius 1 is 0.306 bits per heavy atom. The Hall–Kier alpha value is -19.2. The molecule has 40 heteroatoms. The van der Waals surface area contributed by atoms with Crippen molar-refractivity contribution in [1.82, 2.24) is 90.4 Å². The van der Waals surface area contributed by atoms with Crippen LogP contribution in [0.15, 0.2) is 299 Å². The summed E-state index contributed by atoms with van der Waals surface area (Å²) in [6.07, 6.45) is 16.0. The van der Waals surface area contributed by atoms with Crippen LogP contribution in [0.25, 0.3) is 56.3 Å². The molecular weight excluding hydrogens is 1850 g/mol. The zero-order valence-electron chi connectivity index (χ0n) is 78.8. The number of Topliss-reactive ketones (excluding diaryl/α,β-unsaturated/α-hetero) is 5. The number of hydrogen-bond donors (Lipinski definition) is 10. The van der Waals surface area contributed by atoms with Crippen LogP contribution in [0.2, 0.25) is 0 Å². The minimum atomic E-state index is -1.14. The summed E-state index contributed by atoms with van der Waals surface area (Å²) < 4.78 is 26.3.